The Morgan fingerprint density at radius 1 is 0.576 bits per heavy atom. The molecule has 0 unspecified atom stereocenters. The summed E-state index contributed by atoms with van der Waals surface area (Å²) in [6.07, 6.45) is -3.81. The lowest BCUT2D eigenvalue weighted by Crippen LogP contribution is -2.72. The van der Waals surface area contributed by atoms with Gasteiger partial charge in [-0.2, -0.15) is 0 Å². The number of halogens is 3. The Balaban J connectivity index is 1.34. The van der Waals surface area contributed by atoms with Crippen LogP contribution in [0.5, 0.6) is 5.75 Å². The molecule has 1 fully saturated rings. The molecule has 5 atom stereocenters. The minimum atomic E-state index is -3.90. The van der Waals surface area contributed by atoms with Crippen LogP contribution in [0, 0.1) is 5.92 Å². The van der Waals surface area contributed by atoms with Crippen molar-refractivity contribution in [3.63, 3.8) is 0 Å². The van der Waals surface area contributed by atoms with Gasteiger partial charge < -0.3 is 28.8 Å². The van der Waals surface area contributed by atoms with Crippen LogP contribution in [-0.4, -0.2) is 42.6 Å². The molecule has 1 aliphatic carbocycles. The van der Waals surface area contributed by atoms with Crippen LogP contribution in [0.25, 0.3) is 0 Å². The fourth-order valence-electron chi connectivity index (χ4n) is 7.69. The van der Waals surface area contributed by atoms with E-state index in [1.165, 1.54) is 6.07 Å². The van der Waals surface area contributed by atoms with Crippen molar-refractivity contribution in [2.45, 2.75) is 69.6 Å². The molecule has 0 bridgehead atoms. The molecule has 0 aromatic heterocycles. The van der Waals surface area contributed by atoms with Crippen molar-refractivity contribution < 1.29 is 37.6 Å². The zero-order valence-electron chi connectivity index (χ0n) is 33.0. The second kappa shape index (κ2) is 19.9. The van der Waals surface area contributed by atoms with E-state index < -0.39 is 42.4 Å². The Morgan fingerprint density at radius 3 is 1.59 bits per heavy atom. The fraction of sp³-hybridized carbons (Fsp3) is 0.280. The largest absolute Gasteiger partial charge is 0.494 e. The SMILES string of the molecule is CCOc1ccc(Cc2cc([C@@]3(O)[C@H](OCc4ccccc4)[C@@H](OCc4ccccc4)[C@H](OCc4ccccc4)[C@@H](COCc4ccccc4)C3(F)F)ccc2Cl)cc1. The molecule has 6 aromatic rings. The summed E-state index contributed by atoms with van der Waals surface area (Å²) in [6.45, 7) is 2.05. The molecule has 0 heterocycles. The first-order valence-electron chi connectivity index (χ1n) is 19.9. The number of hydrogen-bond acceptors (Lipinski definition) is 6. The zero-order chi connectivity index (χ0) is 41.1. The number of aliphatic hydroxyl groups is 1. The number of benzene rings is 6. The van der Waals surface area contributed by atoms with Gasteiger partial charge in [0.05, 0.1) is 51.7 Å². The molecular formula is C50H49ClF2O6. The molecule has 0 saturated heterocycles. The van der Waals surface area contributed by atoms with Gasteiger partial charge in [0.2, 0.25) is 0 Å². The Kier molecular flexibility index (Phi) is 14.2. The van der Waals surface area contributed by atoms with Crippen molar-refractivity contribution in [3.05, 3.63) is 208 Å². The van der Waals surface area contributed by atoms with Crippen LogP contribution < -0.4 is 4.74 Å². The van der Waals surface area contributed by atoms with E-state index in [0.717, 1.165) is 33.6 Å². The molecule has 7 rings (SSSR count). The molecule has 6 aromatic carbocycles. The molecule has 0 amide bonds. The second-order valence-electron chi connectivity index (χ2n) is 14.8. The maximum Gasteiger partial charge on any atom is 0.290 e. The van der Waals surface area contributed by atoms with Gasteiger partial charge in [-0.1, -0.05) is 157 Å². The molecule has 0 radical (unpaired) electrons. The van der Waals surface area contributed by atoms with Gasteiger partial charge in [-0.15, -0.1) is 0 Å². The smallest absolute Gasteiger partial charge is 0.290 e. The number of alkyl halides is 2. The fourth-order valence-corrected chi connectivity index (χ4v) is 7.88. The first kappa shape index (κ1) is 42.2. The Hall–Kier alpha value is -4.93. The molecule has 6 nitrogen and oxygen atoms in total. The van der Waals surface area contributed by atoms with E-state index in [-0.39, 0.29) is 32.0 Å². The average molecular weight is 819 g/mol. The summed E-state index contributed by atoms with van der Waals surface area (Å²) in [5.41, 5.74) is 1.60. The Bertz CT molecular complexity index is 2180. The molecule has 0 aliphatic heterocycles. The van der Waals surface area contributed by atoms with Gasteiger partial charge in [0.1, 0.15) is 18.0 Å². The number of hydrogen-bond donors (Lipinski definition) is 1. The average Bonchev–Trinajstić information content (AvgIpc) is 3.27. The molecular weight excluding hydrogens is 770 g/mol. The predicted molar refractivity (Wildman–Crippen MR) is 225 cm³/mol. The van der Waals surface area contributed by atoms with Crippen LogP contribution in [0.4, 0.5) is 8.78 Å². The van der Waals surface area contributed by atoms with Crippen molar-refractivity contribution in [1.82, 2.24) is 0 Å². The lowest BCUT2D eigenvalue weighted by Gasteiger charge is -2.55. The van der Waals surface area contributed by atoms with E-state index in [4.69, 9.17) is 35.3 Å². The highest BCUT2D eigenvalue weighted by molar-refractivity contribution is 6.31. The van der Waals surface area contributed by atoms with Gasteiger partial charge in [-0.25, -0.2) is 8.78 Å². The third-order valence-corrected chi connectivity index (χ3v) is 11.1. The third-order valence-electron chi connectivity index (χ3n) is 10.8. The molecule has 306 valence electrons. The molecule has 1 saturated carbocycles. The van der Waals surface area contributed by atoms with Crippen LogP contribution in [0.1, 0.15) is 45.9 Å². The molecule has 59 heavy (non-hydrogen) atoms. The lowest BCUT2D eigenvalue weighted by atomic mass is 9.66. The zero-order valence-corrected chi connectivity index (χ0v) is 33.7. The van der Waals surface area contributed by atoms with E-state index in [1.807, 2.05) is 153 Å². The highest BCUT2D eigenvalue weighted by Crippen LogP contribution is 2.55. The van der Waals surface area contributed by atoms with Crippen molar-refractivity contribution in [2.75, 3.05) is 13.2 Å². The molecule has 9 heteroatoms. The monoisotopic (exact) mass is 818 g/mol. The maximum atomic E-state index is 18.2. The number of rotatable bonds is 18. The first-order chi connectivity index (χ1) is 28.8. The van der Waals surface area contributed by atoms with Crippen molar-refractivity contribution in [2.24, 2.45) is 5.92 Å². The van der Waals surface area contributed by atoms with E-state index >= 15 is 8.78 Å². The van der Waals surface area contributed by atoms with Gasteiger partial charge >= 0.3 is 0 Å². The van der Waals surface area contributed by atoms with Crippen LogP contribution >= 0.6 is 11.6 Å². The Morgan fingerprint density at radius 2 is 1.07 bits per heavy atom. The summed E-state index contributed by atoms with van der Waals surface area (Å²) in [5.74, 6) is -4.87. The summed E-state index contributed by atoms with van der Waals surface area (Å²) < 4.78 is 68.0. The summed E-state index contributed by atoms with van der Waals surface area (Å²) in [6, 6.07) is 49.6. The topological polar surface area (TPSA) is 66.4 Å². The van der Waals surface area contributed by atoms with Crippen LogP contribution in [-0.2, 0) is 57.4 Å². The minimum absolute atomic E-state index is 0.0129. The highest BCUT2D eigenvalue weighted by Gasteiger charge is 2.72. The highest BCUT2D eigenvalue weighted by atomic mass is 35.5. The van der Waals surface area contributed by atoms with Gasteiger partial charge in [0, 0.05) is 5.02 Å². The second-order valence-corrected chi connectivity index (χ2v) is 15.2. The molecule has 1 aliphatic rings. The lowest BCUT2D eigenvalue weighted by molar-refractivity contribution is -0.351. The summed E-state index contributed by atoms with van der Waals surface area (Å²) in [5, 5.41) is 13.6. The molecule has 0 spiro atoms. The number of ether oxygens (including phenoxy) is 5. The van der Waals surface area contributed by atoms with Gasteiger partial charge in [0.25, 0.3) is 5.92 Å². The maximum absolute atomic E-state index is 18.2. The quantitative estimate of drug-likeness (QED) is 0.0932. The van der Waals surface area contributed by atoms with E-state index in [0.29, 0.717) is 23.6 Å². The van der Waals surface area contributed by atoms with Gasteiger partial charge in [-0.3, -0.25) is 0 Å². The third kappa shape index (κ3) is 10.1. The van der Waals surface area contributed by atoms with Gasteiger partial charge in [-0.05, 0) is 70.5 Å². The summed E-state index contributed by atoms with van der Waals surface area (Å²) in [7, 11) is 0. The standard InChI is InChI=1S/C50H49ClF2O6/c1-2-56-43-26-23-36(24-27-43)29-41-30-42(25-28-45(41)51)49(54)48(59-34-40-21-13-6-14-22-40)47(58-33-39-19-11-5-12-20-39)46(57-32-38-17-9-4-10-18-38)44(50(49,52)53)35-55-31-37-15-7-3-8-16-37/h3-28,30,44,46-48,54H,2,29,31-35H2,1H3/t44-,46-,47+,48-,49-/m1/s1. The van der Waals surface area contributed by atoms with Crippen molar-refractivity contribution >= 4 is 11.6 Å². The van der Waals surface area contributed by atoms with Crippen molar-refractivity contribution in [1.29, 1.82) is 0 Å². The van der Waals surface area contributed by atoms with Crippen LogP contribution in [0.3, 0.4) is 0 Å². The van der Waals surface area contributed by atoms with Crippen molar-refractivity contribution in [3.8, 4) is 5.75 Å². The van der Waals surface area contributed by atoms with Crippen LogP contribution in [0.2, 0.25) is 5.02 Å². The van der Waals surface area contributed by atoms with E-state index in [9.17, 15) is 5.11 Å². The first-order valence-corrected chi connectivity index (χ1v) is 20.3. The van der Waals surface area contributed by atoms with Crippen LogP contribution in [0.15, 0.2) is 164 Å². The van der Waals surface area contributed by atoms with E-state index in [2.05, 4.69) is 0 Å². The summed E-state index contributed by atoms with van der Waals surface area (Å²) in [4.78, 5) is 0. The Labute approximate surface area is 350 Å². The molecule has 1 N–H and O–H groups in total. The predicted octanol–water partition coefficient (Wildman–Crippen LogP) is 10.8. The summed E-state index contributed by atoms with van der Waals surface area (Å²) >= 11 is 6.79. The minimum Gasteiger partial charge on any atom is -0.494 e. The normalized spacial score (nSPS) is 21.2. The van der Waals surface area contributed by atoms with Gasteiger partial charge in [0.15, 0.2) is 5.60 Å². The van der Waals surface area contributed by atoms with E-state index in [1.54, 1.807) is 12.1 Å².